The molecule has 3 aromatic rings. The predicted molar refractivity (Wildman–Crippen MR) is 104 cm³/mol. The molecule has 0 radical (unpaired) electrons. The topological polar surface area (TPSA) is 34.4 Å². The van der Waals surface area contributed by atoms with Gasteiger partial charge in [-0.2, -0.15) is 4.99 Å². The SMILES string of the molecule is CCc1sc(=NC(=O)c2ccc(Cl)cc2Cl)n(C)c1-c1ccc(F)cc1. The van der Waals surface area contributed by atoms with Crippen LogP contribution in [-0.4, -0.2) is 10.5 Å². The monoisotopic (exact) mass is 408 g/mol. The molecule has 0 saturated carbocycles. The maximum absolute atomic E-state index is 13.2. The lowest BCUT2D eigenvalue weighted by atomic mass is 10.1. The van der Waals surface area contributed by atoms with Gasteiger partial charge in [0.2, 0.25) is 0 Å². The molecule has 0 aliphatic carbocycles. The Morgan fingerprint density at radius 2 is 1.88 bits per heavy atom. The van der Waals surface area contributed by atoms with Crippen LogP contribution < -0.4 is 4.80 Å². The Morgan fingerprint density at radius 1 is 1.19 bits per heavy atom. The van der Waals surface area contributed by atoms with Crippen molar-refractivity contribution in [3.63, 3.8) is 0 Å². The lowest BCUT2D eigenvalue weighted by Crippen LogP contribution is -2.14. The van der Waals surface area contributed by atoms with Crippen molar-refractivity contribution < 1.29 is 9.18 Å². The number of rotatable bonds is 3. The lowest BCUT2D eigenvalue weighted by Gasteiger charge is -2.05. The van der Waals surface area contributed by atoms with Crippen LogP contribution in [0.25, 0.3) is 11.3 Å². The second kappa shape index (κ2) is 7.74. The highest BCUT2D eigenvalue weighted by molar-refractivity contribution is 7.09. The van der Waals surface area contributed by atoms with Gasteiger partial charge in [-0.3, -0.25) is 4.79 Å². The van der Waals surface area contributed by atoms with E-state index in [4.69, 9.17) is 23.2 Å². The van der Waals surface area contributed by atoms with E-state index in [1.807, 2.05) is 18.5 Å². The Balaban J connectivity index is 2.09. The van der Waals surface area contributed by atoms with Gasteiger partial charge in [-0.25, -0.2) is 4.39 Å². The van der Waals surface area contributed by atoms with Crippen LogP contribution in [0.15, 0.2) is 47.5 Å². The van der Waals surface area contributed by atoms with E-state index in [0.29, 0.717) is 15.4 Å². The molecule has 1 heterocycles. The van der Waals surface area contributed by atoms with Crippen LogP contribution in [-0.2, 0) is 13.5 Å². The molecule has 0 N–H and O–H groups in total. The molecular weight excluding hydrogens is 394 g/mol. The van der Waals surface area contributed by atoms with E-state index in [2.05, 4.69) is 4.99 Å². The van der Waals surface area contributed by atoms with Gasteiger partial charge >= 0.3 is 0 Å². The first-order chi connectivity index (χ1) is 12.4. The summed E-state index contributed by atoms with van der Waals surface area (Å²) in [6.07, 6.45) is 0.774. The summed E-state index contributed by atoms with van der Waals surface area (Å²) in [5, 5.41) is 0.722. The molecule has 0 aliphatic rings. The van der Waals surface area contributed by atoms with Crippen LogP contribution in [0.2, 0.25) is 10.0 Å². The fourth-order valence-corrected chi connectivity index (χ4v) is 4.18. The van der Waals surface area contributed by atoms with Crippen molar-refractivity contribution in [3.8, 4) is 11.3 Å². The fourth-order valence-electron chi connectivity index (χ4n) is 2.62. The largest absolute Gasteiger partial charge is 0.319 e. The van der Waals surface area contributed by atoms with Crippen molar-refractivity contribution >= 4 is 40.4 Å². The zero-order valence-electron chi connectivity index (χ0n) is 14.1. The Kier molecular flexibility index (Phi) is 5.61. The van der Waals surface area contributed by atoms with Gasteiger partial charge in [0, 0.05) is 16.9 Å². The molecule has 0 saturated heterocycles. The first-order valence-electron chi connectivity index (χ1n) is 7.89. The van der Waals surface area contributed by atoms with Crippen LogP contribution >= 0.6 is 34.5 Å². The minimum absolute atomic E-state index is 0.264. The number of carbonyl (C=O) groups excluding carboxylic acids is 1. The second-order valence-corrected chi connectivity index (χ2v) is 7.52. The number of hydrogen-bond donors (Lipinski definition) is 0. The summed E-state index contributed by atoms with van der Waals surface area (Å²) in [7, 11) is 1.84. The highest BCUT2D eigenvalue weighted by Gasteiger charge is 2.15. The Labute approximate surface area is 164 Å². The first-order valence-corrected chi connectivity index (χ1v) is 9.46. The molecule has 1 amide bonds. The third kappa shape index (κ3) is 3.75. The standard InChI is InChI=1S/C19H15Cl2FN2OS/c1-3-16-17(11-4-7-13(22)8-5-11)24(2)19(26-16)23-18(25)14-9-6-12(20)10-15(14)21/h4-10H,3H2,1-2H3. The predicted octanol–water partition coefficient (Wildman–Crippen LogP) is 5.50. The molecule has 0 unspecified atom stereocenters. The van der Waals surface area contributed by atoms with Gasteiger partial charge in [-0.1, -0.05) is 30.1 Å². The molecule has 1 aromatic heterocycles. The van der Waals surface area contributed by atoms with Gasteiger partial charge in [0.15, 0.2) is 4.80 Å². The molecule has 0 bridgehead atoms. The van der Waals surface area contributed by atoms with Crippen molar-refractivity contribution in [2.24, 2.45) is 12.0 Å². The number of aromatic nitrogens is 1. The number of aryl methyl sites for hydroxylation is 1. The highest BCUT2D eigenvalue weighted by atomic mass is 35.5. The molecule has 134 valence electrons. The quantitative estimate of drug-likeness (QED) is 0.562. The van der Waals surface area contributed by atoms with Gasteiger partial charge in [0.05, 0.1) is 16.3 Å². The molecule has 0 fully saturated rings. The summed E-state index contributed by atoms with van der Waals surface area (Å²) in [4.78, 5) is 18.4. The number of nitrogens with zero attached hydrogens (tertiary/aromatic N) is 2. The van der Waals surface area contributed by atoms with E-state index in [-0.39, 0.29) is 10.8 Å². The summed E-state index contributed by atoms with van der Waals surface area (Å²) in [5.41, 5.74) is 2.09. The van der Waals surface area contributed by atoms with E-state index >= 15 is 0 Å². The van der Waals surface area contributed by atoms with Gasteiger partial charge in [-0.15, -0.1) is 11.3 Å². The van der Waals surface area contributed by atoms with Gasteiger partial charge < -0.3 is 4.57 Å². The minimum Gasteiger partial charge on any atom is -0.319 e. The van der Waals surface area contributed by atoms with E-state index in [0.717, 1.165) is 22.6 Å². The summed E-state index contributed by atoms with van der Waals surface area (Å²) >= 11 is 13.4. The maximum Gasteiger partial charge on any atom is 0.281 e. The highest BCUT2D eigenvalue weighted by Crippen LogP contribution is 2.26. The zero-order valence-corrected chi connectivity index (χ0v) is 16.4. The number of carbonyl (C=O) groups is 1. The van der Waals surface area contributed by atoms with Gasteiger partial charge in [0.25, 0.3) is 5.91 Å². The normalized spacial score (nSPS) is 11.8. The van der Waals surface area contributed by atoms with Crippen molar-refractivity contribution in [1.82, 2.24) is 4.57 Å². The molecular formula is C19H15Cl2FN2OS. The molecule has 26 heavy (non-hydrogen) atoms. The van der Waals surface area contributed by atoms with Crippen LogP contribution in [0.4, 0.5) is 4.39 Å². The van der Waals surface area contributed by atoms with Crippen molar-refractivity contribution in [3.05, 3.63) is 73.6 Å². The van der Waals surface area contributed by atoms with Crippen LogP contribution in [0.1, 0.15) is 22.2 Å². The second-order valence-electron chi connectivity index (χ2n) is 5.62. The average molecular weight is 409 g/mol. The third-order valence-corrected chi connectivity index (χ3v) is 5.72. The zero-order chi connectivity index (χ0) is 18.8. The lowest BCUT2D eigenvalue weighted by molar-refractivity contribution is 0.0998. The number of hydrogen-bond acceptors (Lipinski definition) is 2. The molecule has 0 spiro atoms. The summed E-state index contributed by atoms with van der Waals surface area (Å²) in [6, 6.07) is 11.0. The molecule has 3 rings (SSSR count). The summed E-state index contributed by atoms with van der Waals surface area (Å²) in [5.74, 6) is -0.723. The Hall–Kier alpha value is -1.95. The van der Waals surface area contributed by atoms with Crippen LogP contribution in [0.5, 0.6) is 0 Å². The van der Waals surface area contributed by atoms with Crippen LogP contribution in [0, 0.1) is 5.82 Å². The van der Waals surface area contributed by atoms with E-state index in [1.165, 1.54) is 29.5 Å². The average Bonchev–Trinajstić information content (AvgIpc) is 2.91. The van der Waals surface area contributed by atoms with Crippen molar-refractivity contribution in [1.29, 1.82) is 0 Å². The van der Waals surface area contributed by atoms with Crippen molar-refractivity contribution in [2.75, 3.05) is 0 Å². The number of amides is 1. The molecule has 3 nitrogen and oxygen atoms in total. The van der Waals surface area contributed by atoms with Crippen LogP contribution in [0.3, 0.4) is 0 Å². The van der Waals surface area contributed by atoms with E-state index in [1.54, 1.807) is 24.3 Å². The smallest absolute Gasteiger partial charge is 0.281 e. The number of halogens is 3. The molecule has 0 atom stereocenters. The van der Waals surface area contributed by atoms with E-state index < -0.39 is 5.91 Å². The number of thiazole rings is 1. The minimum atomic E-state index is -0.433. The molecule has 2 aromatic carbocycles. The van der Waals surface area contributed by atoms with Crippen molar-refractivity contribution in [2.45, 2.75) is 13.3 Å². The van der Waals surface area contributed by atoms with Gasteiger partial charge in [0.1, 0.15) is 5.82 Å². The fraction of sp³-hybridized carbons (Fsp3) is 0.158. The van der Waals surface area contributed by atoms with E-state index in [9.17, 15) is 9.18 Å². The third-order valence-electron chi connectivity index (χ3n) is 3.90. The maximum atomic E-state index is 13.2. The summed E-state index contributed by atoms with van der Waals surface area (Å²) in [6.45, 7) is 2.03. The summed E-state index contributed by atoms with van der Waals surface area (Å²) < 4.78 is 15.1. The van der Waals surface area contributed by atoms with Gasteiger partial charge in [-0.05, 0) is 54.4 Å². The number of benzene rings is 2. The Bertz CT molecular complexity index is 1040. The first kappa shape index (κ1) is 18.8. The molecule has 0 aliphatic heterocycles. The molecule has 7 heteroatoms. The Morgan fingerprint density at radius 3 is 2.50 bits per heavy atom.